The van der Waals surface area contributed by atoms with E-state index >= 15 is 0 Å². The van der Waals surface area contributed by atoms with Crippen molar-refractivity contribution in [3.63, 3.8) is 0 Å². The second kappa shape index (κ2) is 3.14. The molecule has 2 rings (SSSR count). The Balaban J connectivity index is 1.96. The van der Waals surface area contributed by atoms with E-state index in [9.17, 15) is 0 Å². The van der Waals surface area contributed by atoms with Crippen LogP contribution >= 0.6 is 23.2 Å². The van der Waals surface area contributed by atoms with Crippen LogP contribution < -0.4 is 0 Å². The first-order valence-corrected chi connectivity index (χ1v) is 5.44. The Kier molecular flexibility index (Phi) is 2.34. The molecule has 0 aromatic rings. The quantitative estimate of drug-likeness (QED) is 0.558. The number of halogens is 2. The van der Waals surface area contributed by atoms with E-state index in [1.165, 1.54) is 32.1 Å². The summed E-state index contributed by atoms with van der Waals surface area (Å²) in [7, 11) is 0. The predicted octanol–water partition coefficient (Wildman–Crippen LogP) is 3.62. The van der Waals surface area contributed by atoms with Crippen molar-refractivity contribution >= 4 is 23.2 Å². The molecule has 64 valence electrons. The van der Waals surface area contributed by atoms with E-state index in [1.54, 1.807) is 0 Å². The summed E-state index contributed by atoms with van der Waals surface area (Å²) in [6.45, 7) is 0. The molecule has 3 atom stereocenters. The first kappa shape index (κ1) is 8.19. The van der Waals surface area contributed by atoms with Gasteiger partial charge in [-0.1, -0.05) is 19.3 Å². The van der Waals surface area contributed by atoms with Gasteiger partial charge in [0.25, 0.3) is 0 Å². The lowest BCUT2D eigenvalue weighted by atomic mass is 10.0. The lowest BCUT2D eigenvalue weighted by Crippen LogP contribution is -2.11. The zero-order valence-corrected chi connectivity index (χ0v) is 8.11. The summed E-state index contributed by atoms with van der Waals surface area (Å²) in [5, 5.41) is 0. The molecule has 0 saturated heterocycles. The normalized spacial score (nSPS) is 43.4. The minimum atomic E-state index is -0.108. The van der Waals surface area contributed by atoms with Crippen molar-refractivity contribution in [3.8, 4) is 0 Å². The van der Waals surface area contributed by atoms with Crippen LogP contribution in [0.5, 0.6) is 0 Å². The number of alkyl halides is 2. The van der Waals surface area contributed by atoms with E-state index < -0.39 is 0 Å². The van der Waals surface area contributed by atoms with Crippen LogP contribution in [0.25, 0.3) is 0 Å². The highest BCUT2D eigenvalue weighted by Crippen LogP contribution is 2.53. The zero-order chi connectivity index (χ0) is 7.84. The fourth-order valence-electron chi connectivity index (χ4n) is 2.44. The maximum absolute atomic E-state index is 5.92. The van der Waals surface area contributed by atoms with E-state index in [0.717, 1.165) is 11.8 Å². The molecule has 0 amide bonds. The van der Waals surface area contributed by atoms with E-state index in [-0.39, 0.29) is 4.84 Å². The molecule has 0 nitrogen and oxygen atoms in total. The Labute approximate surface area is 78.3 Å². The summed E-state index contributed by atoms with van der Waals surface area (Å²) in [5.74, 6) is 2.49. The van der Waals surface area contributed by atoms with Gasteiger partial charge in [-0.3, -0.25) is 0 Å². The Bertz CT molecular complexity index is 144. The van der Waals surface area contributed by atoms with Crippen LogP contribution in [-0.2, 0) is 0 Å². The van der Waals surface area contributed by atoms with Gasteiger partial charge in [0.15, 0.2) is 0 Å². The third-order valence-corrected chi connectivity index (χ3v) is 3.86. The fraction of sp³-hybridized carbons (Fsp3) is 1.00. The number of hydrogen-bond acceptors (Lipinski definition) is 0. The van der Waals surface area contributed by atoms with Gasteiger partial charge in [0, 0.05) is 0 Å². The van der Waals surface area contributed by atoms with Gasteiger partial charge < -0.3 is 0 Å². The van der Waals surface area contributed by atoms with Gasteiger partial charge in [-0.25, -0.2) is 0 Å². The third kappa shape index (κ3) is 1.67. The van der Waals surface area contributed by atoms with Crippen molar-refractivity contribution in [1.82, 2.24) is 0 Å². The summed E-state index contributed by atoms with van der Waals surface area (Å²) >= 11 is 11.8. The Morgan fingerprint density at radius 2 is 1.82 bits per heavy atom. The van der Waals surface area contributed by atoms with E-state index in [0.29, 0.717) is 5.92 Å². The van der Waals surface area contributed by atoms with Crippen LogP contribution in [0.4, 0.5) is 0 Å². The zero-order valence-electron chi connectivity index (χ0n) is 6.60. The highest BCUT2D eigenvalue weighted by Gasteiger charge is 2.45. The first-order chi connectivity index (χ1) is 5.29. The van der Waals surface area contributed by atoms with Gasteiger partial charge in [-0.2, -0.15) is 0 Å². The summed E-state index contributed by atoms with van der Waals surface area (Å²) in [5.41, 5.74) is 0. The van der Waals surface area contributed by atoms with E-state index in [2.05, 4.69) is 0 Å². The predicted molar refractivity (Wildman–Crippen MR) is 49.0 cm³/mol. The molecule has 0 N–H and O–H groups in total. The standard InChI is InChI=1S/C9H14Cl2/c10-9(11)7-4-2-1-3-6-5-8(6)7/h6-9H,1-5H2/t6-,7-,8+/m1/s1. The molecule has 11 heavy (non-hydrogen) atoms. The number of rotatable bonds is 1. The molecule has 2 aliphatic rings. The second-order valence-corrected chi connectivity index (χ2v) is 5.11. The highest BCUT2D eigenvalue weighted by molar-refractivity contribution is 6.44. The number of hydrogen-bond donors (Lipinski definition) is 0. The molecule has 2 aliphatic carbocycles. The maximum Gasteiger partial charge on any atom is 0.110 e. The van der Waals surface area contributed by atoms with Crippen molar-refractivity contribution in [1.29, 1.82) is 0 Å². The van der Waals surface area contributed by atoms with Gasteiger partial charge in [-0.05, 0) is 30.6 Å². The Morgan fingerprint density at radius 3 is 2.55 bits per heavy atom. The van der Waals surface area contributed by atoms with Crippen LogP contribution in [-0.4, -0.2) is 4.84 Å². The average Bonchev–Trinajstić information content (AvgIpc) is 2.60. The van der Waals surface area contributed by atoms with Crippen molar-refractivity contribution in [2.45, 2.75) is 36.9 Å². The van der Waals surface area contributed by atoms with Crippen LogP contribution in [0.2, 0.25) is 0 Å². The van der Waals surface area contributed by atoms with Crippen molar-refractivity contribution in [2.75, 3.05) is 0 Å². The average molecular weight is 193 g/mol. The first-order valence-electron chi connectivity index (χ1n) is 4.57. The monoisotopic (exact) mass is 192 g/mol. The highest BCUT2D eigenvalue weighted by atomic mass is 35.5. The minimum Gasteiger partial charge on any atom is -0.105 e. The fourth-order valence-corrected chi connectivity index (χ4v) is 3.07. The van der Waals surface area contributed by atoms with E-state index in [4.69, 9.17) is 23.2 Å². The van der Waals surface area contributed by atoms with Crippen LogP contribution in [0.15, 0.2) is 0 Å². The van der Waals surface area contributed by atoms with Gasteiger partial charge in [-0.15, -0.1) is 23.2 Å². The molecule has 0 bridgehead atoms. The van der Waals surface area contributed by atoms with Crippen LogP contribution in [0, 0.1) is 17.8 Å². The lowest BCUT2D eigenvalue weighted by molar-refractivity contribution is 0.448. The molecule has 2 saturated carbocycles. The van der Waals surface area contributed by atoms with Crippen molar-refractivity contribution in [3.05, 3.63) is 0 Å². The SMILES string of the molecule is ClC(Cl)[C@@H]1CCCC[C@@H]2C[C@@H]21. The molecular weight excluding hydrogens is 179 g/mol. The molecule has 0 aliphatic heterocycles. The molecule has 0 heterocycles. The maximum atomic E-state index is 5.92. The summed E-state index contributed by atoms with van der Waals surface area (Å²) < 4.78 is 0. The molecule has 0 unspecified atom stereocenters. The summed E-state index contributed by atoms with van der Waals surface area (Å²) in [4.78, 5) is -0.108. The van der Waals surface area contributed by atoms with Gasteiger partial charge in [0.2, 0.25) is 0 Å². The van der Waals surface area contributed by atoms with Crippen LogP contribution in [0.1, 0.15) is 32.1 Å². The molecule has 0 aromatic heterocycles. The number of fused-ring (bicyclic) bond motifs is 1. The molecule has 0 spiro atoms. The van der Waals surface area contributed by atoms with Crippen molar-refractivity contribution < 1.29 is 0 Å². The van der Waals surface area contributed by atoms with Gasteiger partial charge in [0.05, 0.1) is 0 Å². The Morgan fingerprint density at radius 1 is 1.09 bits per heavy atom. The van der Waals surface area contributed by atoms with Crippen LogP contribution in [0.3, 0.4) is 0 Å². The van der Waals surface area contributed by atoms with E-state index in [1.807, 2.05) is 0 Å². The van der Waals surface area contributed by atoms with Gasteiger partial charge >= 0.3 is 0 Å². The molecular formula is C9H14Cl2. The molecule has 0 radical (unpaired) electrons. The molecule has 0 aromatic carbocycles. The summed E-state index contributed by atoms with van der Waals surface area (Å²) in [6, 6.07) is 0. The smallest absolute Gasteiger partial charge is 0.105 e. The summed E-state index contributed by atoms with van der Waals surface area (Å²) in [6.07, 6.45) is 6.84. The molecule has 2 fully saturated rings. The lowest BCUT2D eigenvalue weighted by Gasteiger charge is -2.15. The third-order valence-electron chi connectivity index (χ3n) is 3.21. The van der Waals surface area contributed by atoms with Gasteiger partial charge in [0.1, 0.15) is 4.84 Å². The topological polar surface area (TPSA) is 0 Å². The minimum absolute atomic E-state index is 0.108. The molecule has 2 heteroatoms. The second-order valence-electron chi connectivity index (χ2n) is 3.94. The Hall–Kier alpha value is 0.580. The largest absolute Gasteiger partial charge is 0.110 e. The van der Waals surface area contributed by atoms with Crippen molar-refractivity contribution in [2.24, 2.45) is 17.8 Å².